The highest BCUT2D eigenvalue weighted by molar-refractivity contribution is 7.98. The van der Waals surface area contributed by atoms with Crippen LogP contribution in [-0.4, -0.2) is 33.9 Å². The molecule has 0 bridgehead atoms. The molecule has 1 fully saturated rings. The van der Waals surface area contributed by atoms with Crippen molar-refractivity contribution in [1.29, 1.82) is 0 Å². The van der Waals surface area contributed by atoms with Gasteiger partial charge in [-0.3, -0.25) is 4.79 Å². The molecule has 3 nitrogen and oxygen atoms in total. The minimum absolute atomic E-state index is 0.121. The molecule has 0 N–H and O–H groups in total. The second-order valence-corrected chi connectivity index (χ2v) is 6.35. The Labute approximate surface area is 120 Å². The van der Waals surface area contributed by atoms with E-state index >= 15 is 0 Å². The maximum Gasteiger partial charge on any atom is 0.226 e. The first-order valence-corrected chi connectivity index (χ1v) is 8.45. The summed E-state index contributed by atoms with van der Waals surface area (Å²) in [5.74, 6) is 1.35. The lowest BCUT2D eigenvalue weighted by atomic mass is 9.97. The number of hydrogen-bond acceptors (Lipinski definition) is 2. The zero-order chi connectivity index (χ0) is 13.8. The summed E-state index contributed by atoms with van der Waals surface area (Å²) in [6.45, 7) is 2.96. The molecular weight excluding hydrogens is 256 g/mol. The number of hydrogen-bond donors (Lipinski definition) is 0. The highest BCUT2D eigenvalue weighted by Crippen LogP contribution is 2.32. The Morgan fingerprint density at radius 2 is 2.32 bits per heavy atom. The van der Waals surface area contributed by atoms with E-state index < -0.39 is 0 Å². The van der Waals surface area contributed by atoms with Gasteiger partial charge in [-0.05, 0) is 37.7 Å². The topological polar surface area (TPSA) is 25.2 Å². The number of piperidine rings is 1. The molecule has 0 unspecified atom stereocenters. The maximum absolute atomic E-state index is 12.6. The van der Waals surface area contributed by atoms with E-state index in [2.05, 4.69) is 48.0 Å². The third-order valence-electron chi connectivity index (χ3n) is 3.95. The van der Waals surface area contributed by atoms with Crippen LogP contribution < -0.4 is 0 Å². The average molecular weight is 280 g/mol. The fourth-order valence-electron chi connectivity index (χ4n) is 2.93. The van der Waals surface area contributed by atoms with E-state index in [0.717, 1.165) is 25.1 Å². The van der Waals surface area contributed by atoms with Crippen LogP contribution in [0.5, 0.6) is 0 Å². The van der Waals surface area contributed by atoms with Crippen LogP contribution in [0.3, 0.4) is 0 Å². The van der Waals surface area contributed by atoms with Gasteiger partial charge in [-0.15, -0.1) is 0 Å². The van der Waals surface area contributed by atoms with Gasteiger partial charge in [0.25, 0.3) is 0 Å². The Hall–Kier alpha value is -0.900. The molecule has 1 aromatic heterocycles. The predicted octanol–water partition coefficient (Wildman–Crippen LogP) is 3.08. The molecule has 106 valence electrons. The Morgan fingerprint density at radius 1 is 1.53 bits per heavy atom. The number of carbonyl (C=O) groups is 1. The van der Waals surface area contributed by atoms with Crippen LogP contribution in [0.1, 0.15) is 37.9 Å². The number of amides is 1. The molecule has 1 aliphatic heterocycles. The monoisotopic (exact) mass is 280 g/mol. The first kappa shape index (κ1) is 14.5. The van der Waals surface area contributed by atoms with Crippen LogP contribution in [0.4, 0.5) is 0 Å². The van der Waals surface area contributed by atoms with E-state index in [9.17, 15) is 4.79 Å². The summed E-state index contributed by atoms with van der Waals surface area (Å²) < 4.78 is 2.15. The fraction of sp³-hybridized carbons (Fsp3) is 0.667. The Morgan fingerprint density at radius 3 is 2.95 bits per heavy atom. The van der Waals surface area contributed by atoms with Gasteiger partial charge in [-0.25, -0.2) is 0 Å². The third-order valence-corrected chi connectivity index (χ3v) is 4.78. The molecule has 2 rings (SSSR count). The molecule has 2 heterocycles. The molecule has 1 aliphatic rings. The predicted molar refractivity (Wildman–Crippen MR) is 81.3 cm³/mol. The molecule has 0 spiro atoms. The first-order valence-electron chi connectivity index (χ1n) is 7.05. The second kappa shape index (κ2) is 6.51. The smallest absolute Gasteiger partial charge is 0.226 e. The molecule has 1 aromatic rings. The van der Waals surface area contributed by atoms with Gasteiger partial charge in [-0.2, -0.15) is 11.8 Å². The quantitative estimate of drug-likeness (QED) is 0.847. The standard InChI is InChI=1S/C15H24N2OS/c1-12(11-19-3)15(18)17-10-5-4-7-14(17)13-8-6-9-16(13)2/h6,8-9,12,14H,4-5,7,10-11H2,1-3H3/t12-,14+/m1/s1. The number of thioether (sulfide) groups is 1. The van der Waals surface area contributed by atoms with Crippen molar-refractivity contribution >= 4 is 17.7 Å². The van der Waals surface area contributed by atoms with Gasteiger partial charge >= 0.3 is 0 Å². The van der Waals surface area contributed by atoms with Crippen molar-refractivity contribution in [3.05, 3.63) is 24.0 Å². The largest absolute Gasteiger partial charge is 0.353 e. The van der Waals surface area contributed by atoms with E-state index in [1.807, 2.05) is 0 Å². The Kier molecular flexibility index (Phi) is 4.97. The van der Waals surface area contributed by atoms with Crippen LogP contribution in [-0.2, 0) is 11.8 Å². The summed E-state index contributed by atoms with van der Waals surface area (Å²) >= 11 is 1.75. The van der Waals surface area contributed by atoms with E-state index in [1.54, 1.807) is 11.8 Å². The van der Waals surface area contributed by atoms with Crippen LogP contribution in [0.2, 0.25) is 0 Å². The van der Waals surface area contributed by atoms with Crippen molar-refractivity contribution < 1.29 is 4.79 Å². The number of aromatic nitrogens is 1. The zero-order valence-electron chi connectivity index (χ0n) is 12.1. The number of nitrogens with zero attached hydrogens (tertiary/aromatic N) is 2. The summed E-state index contributed by atoms with van der Waals surface area (Å²) in [6, 6.07) is 4.48. The lowest BCUT2D eigenvalue weighted by Gasteiger charge is -2.37. The van der Waals surface area contributed by atoms with Crippen molar-refractivity contribution in [3.8, 4) is 0 Å². The lowest BCUT2D eigenvalue weighted by Crippen LogP contribution is -2.42. The highest BCUT2D eigenvalue weighted by atomic mass is 32.2. The normalized spacial score (nSPS) is 21.4. The summed E-state index contributed by atoms with van der Waals surface area (Å²) in [5.41, 5.74) is 1.27. The van der Waals surface area contributed by atoms with E-state index in [1.165, 1.54) is 12.1 Å². The second-order valence-electron chi connectivity index (χ2n) is 5.44. The van der Waals surface area contributed by atoms with E-state index in [-0.39, 0.29) is 12.0 Å². The highest BCUT2D eigenvalue weighted by Gasteiger charge is 2.31. The van der Waals surface area contributed by atoms with Crippen molar-refractivity contribution in [2.24, 2.45) is 13.0 Å². The Balaban J connectivity index is 2.17. The van der Waals surface area contributed by atoms with Gasteiger partial charge < -0.3 is 9.47 Å². The molecule has 0 saturated carbocycles. The van der Waals surface area contributed by atoms with E-state index in [0.29, 0.717) is 5.91 Å². The molecular formula is C15H24N2OS. The molecule has 2 atom stereocenters. The molecule has 0 radical (unpaired) electrons. The number of likely N-dealkylation sites (tertiary alicyclic amines) is 1. The summed E-state index contributed by atoms with van der Waals surface area (Å²) in [4.78, 5) is 14.7. The van der Waals surface area contributed by atoms with E-state index in [4.69, 9.17) is 0 Å². The fourth-order valence-corrected chi connectivity index (χ4v) is 3.57. The minimum atomic E-state index is 0.121. The third kappa shape index (κ3) is 3.16. The van der Waals surface area contributed by atoms with Gasteiger partial charge in [0.2, 0.25) is 5.91 Å². The van der Waals surface area contributed by atoms with Crippen molar-refractivity contribution in [2.75, 3.05) is 18.6 Å². The van der Waals surface area contributed by atoms with Crippen LogP contribution in [0, 0.1) is 5.92 Å². The zero-order valence-corrected chi connectivity index (χ0v) is 12.9. The summed E-state index contributed by atoms with van der Waals surface area (Å²) in [5, 5.41) is 0. The van der Waals surface area contributed by atoms with Crippen molar-refractivity contribution in [3.63, 3.8) is 0 Å². The van der Waals surface area contributed by atoms with Gasteiger partial charge in [0, 0.05) is 37.2 Å². The minimum Gasteiger partial charge on any atom is -0.353 e. The van der Waals surface area contributed by atoms with Gasteiger partial charge in [-0.1, -0.05) is 6.92 Å². The maximum atomic E-state index is 12.6. The first-order chi connectivity index (χ1) is 9.15. The molecule has 19 heavy (non-hydrogen) atoms. The van der Waals surface area contributed by atoms with Gasteiger partial charge in [0.15, 0.2) is 0 Å². The van der Waals surface area contributed by atoms with Crippen molar-refractivity contribution in [2.45, 2.75) is 32.2 Å². The number of aryl methyl sites for hydroxylation is 1. The molecule has 1 amide bonds. The molecule has 4 heteroatoms. The Bertz CT molecular complexity index is 430. The molecule has 0 aliphatic carbocycles. The number of carbonyl (C=O) groups excluding carboxylic acids is 1. The lowest BCUT2D eigenvalue weighted by molar-refractivity contribution is -0.138. The van der Waals surface area contributed by atoms with Crippen molar-refractivity contribution in [1.82, 2.24) is 9.47 Å². The van der Waals surface area contributed by atoms with Crippen LogP contribution >= 0.6 is 11.8 Å². The molecule has 1 saturated heterocycles. The summed E-state index contributed by atoms with van der Waals surface area (Å²) in [7, 11) is 2.07. The average Bonchev–Trinajstić information content (AvgIpc) is 2.84. The number of rotatable bonds is 4. The van der Waals surface area contributed by atoms with Gasteiger partial charge in [0.05, 0.1) is 6.04 Å². The van der Waals surface area contributed by atoms with Crippen LogP contribution in [0.25, 0.3) is 0 Å². The molecule has 0 aromatic carbocycles. The van der Waals surface area contributed by atoms with Crippen LogP contribution in [0.15, 0.2) is 18.3 Å². The van der Waals surface area contributed by atoms with Gasteiger partial charge in [0.1, 0.15) is 0 Å². The summed E-state index contributed by atoms with van der Waals surface area (Å²) in [6.07, 6.45) is 7.58. The SMILES string of the molecule is CSC[C@@H](C)C(=O)N1CCCC[C@H]1c1cccn1C.